The number of aryl methyl sites for hydroxylation is 1. The van der Waals surface area contributed by atoms with Gasteiger partial charge in [0.1, 0.15) is 17.9 Å². The highest BCUT2D eigenvalue weighted by atomic mass is 19.3. The lowest BCUT2D eigenvalue weighted by molar-refractivity contribution is -0.134. The topological polar surface area (TPSA) is 166 Å². The second-order valence-corrected chi connectivity index (χ2v) is 16.7. The van der Waals surface area contributed by atoms with E-state index in [1.165, 1.54) is 27.7 Å². The zero-order chi connectivity index (χ0) is 47.7. The fourth-order valence-corrected chi connectivity index (χ4v) is 9.64. The minimum atomic E-state index is -2.92. The number of carbonyl (C=O) groups excluding carboxylic acids is 3. The number of alkyl halides is 2. The van der Waals surface area contributed by atoms with Crippen molar-refractivity contribution in [3.05, 3.63) is 65.4 Å². The van der Waals surface area contributed by atoms with Crippen molar-refractivity contribution in [2.45, 2.75) is 94.4 Å². The van der Waals surface area contributed by atoms with Gasteiger partial charge in [0.2, 0.25) is 11.8 Å². The van der Waals surface area contributed by atoms with Gasteiger partial charge < -0.3 is 24.6 Å². The van der Waals surface area contributed by atoms with E-state index in [2.05, 4.69) is 47.6 Å². The minimum absolute atomic E-state index is 0.0687. The molecule has 324 valence electrons. The average Bonchev–Trinajstić information content (AvgIpc) is 4.15. The number of nitrogens with one attached hydrogen (secondary N) is 2. The molecule has 5 aliphatic rings. The van der Waals surface area contributed by atoms with Crippen molar-refractivity contribution < 1.29 is 40.9 Å². The Labute approximate surface area is 364 Å². The molecule has 0 radical (unpaired) electrons. The third-order valence-electron chi connectivity index (χ3n) is 12.9. The van der Waals surface area contributed by atoms with E-state index in [1.54, 1.807) is 18.3 Å². The first-order valence-electron chi connectivity index (χ1n) is 24.1. The Balaban J connectivity index is 0.738. The highest BCUT2D eigenvalue weighted by Crippen LogP contribution is 2.37. The number of hydrogen-bond donors (Lipinski definition) is 2. The van der Waals surface area contributed by atoms with Gasteiger partial charge in [-0.1, -0.05) is 24.0 Å². The zero-order valence-corrected chi connectivity index (χ0v) is 33.7. The highest BCUT2D eigenvalue weighted by Gasteiger charge is 2.40. The fourth-order valence-electron chi connectivity index (χ4n) is 9.64. The molecule has 0 spiro atoms. The summed E-state index contributed by atoms with van der Waals surface area (Å²) in [6, 6.07) is 6.62. The number of amides is 3. The molecule has 1 unspecified atom stereocenters. The number of para-hydroxylation sites is 1. The number of imide groups is 1. The SMILES string of the molecule is [2H]C([2H])(C#Cc1cccc2c(C3CCC(=O)NC3=O)nn(C([2H])([2H])[2H])c12)OC1([2H])CCN(CC2CCC(n3cc(NC(=O)c4cnn5ccc(N6C[C@@H]7C[C@H]6CO7)nc45)c(C(F)F)n3)CC2)CC1. The first-order chi connectivity index (χ1) is 32.4. The summed E-state index contributed by atoms with van der Waals surface area (Å²) in [6.45, 7) is -2.33. The number of hydrogen-bond acceptors (Lipinski definition) is 11. The summed E-state index contributed by atoms with van der Waals surface area (Å²) in [7, 11) is 0. The number of likely N-dealkylation sites (tertiary alicyclic amines) is 1. The lowest BCUT2D eigenvalue weighted by Crippen LogP contribution is -2.40. The van der Waals surface area contributed by atoms with Crippen molar-refractivity contribution in [1.29, 1.82) is 0 Å². The van der Waals surface area contributed by atoms with Gasteiger partial charge in [0, 0.05) is 61.5 Å². The van der Waals surface area contributed by atoms with Crippen LogP contribution in [0.15, 0.2) is 42.9 Å². The lowest BCUT2D eigenvalue weighted by Gasteiger charge is -2.36. The molecule has 5 aromatic rings. The Morgan fingerprint density at radius 1 is 1.13 bits per heavy atom. The van der Waals surface area contributed by atoms with E-state index in [0.29, 0.717) is 61.9 Å². The van der Waals surface area contributed by atoms with Crippen molar-refractivity contribution in [3.63, 3.8) is 0 Å². The number of halogens is 2. The van der Waals surface area contributed by atoms with Crippen LogP contribution in [0.5, 0.6) is 0 Å². The maximum atomic E-state index is 14.3. The summed E-state index contributed by atoms with van der Waals surface area (Å²) in [5.74, 6) is 3.70. The third kappa shape index (κ3) is 7.93. The predicted octanol–water partition coefficient (Wildman–Crippen LogP) is 4.76. The molecule has 3 amide bonds. The van der Waals surface area contributed by atoms with Crippen molar-refractivity contribution in [2.75, 3.05) is 49.6 Å². The van der Waals surface area contributed by atoms with Crippen molar-refractivity contribution in [2.24, 2.45) is 12.9 Å². The number of carbonyl (C=O) groups is 3. The number of morpholine rings is 1. The zero-order valence-electron chi connectivity index (χ0n) is 39.7. The normalized spacial score (nSPS) is 27.0. The van der Waals surface area contributed by atoms with E-state index >= 15 is 0 Å². The Morgan fingerprint density at radius 2 is 1.98 bits per heavy atom. The molecule has 3 atom stereocenters. The van der Waals surface area contributed by atoms with E-state index < -0.39 is 55.4 Å². The molecule has 18 heteroatoms. The molecule has 1 aliphatic carbocycles. The molecule has 2 bridgehead atoms. The van der Waals surface area contributed by atoms with E-state index in [9.17, 15) is 23.2 Å². The molecule has 1 aromatic carbocycles. The number of benzene rings is 1. The van der Waals surface area contributed by atoms with Crippen LogP contribution in [0, 0.1) is 17.8 Å². The first kappa shape index (κ1) is 33.8. The molecule has 4 aliphatic heterocycles. The number of nitrogens with zero attached hydrogens (tertiary/aromatic N) is 9. The van der Waals surface area contributed by atoms with Gasteiger partial charge in [-0.2, -0.15) is 15.3 Å². The summed E-state index contributed by atoms with van der Waals surface area (Å²) in [5.41, 5.74) is 0.290. The van der Waals surface area contributed by atoms with Crippen LogP contribution in [0.2, 0.25) is 0 Å². The average molecular weight is 856 g/mol. The first-order valence-corrected chi connectivity index (χ1v) is 21.1. The molecule has 5 fully saturated rings. The van der Waals surface area contributed by atoms with Crippen LogP contribution < -0.4 is 15.5 Å². The van der Waals surface area contributed by atoms with Gasteiger partial charge in [-0.25, -0.2) is 18.3 Å². The van der Waals surface area contributed by atoms with Crippen molar-refractivity contribution >= 4 is 45.8 Å². The second-order valence-electron chi connectivity index (χ2n) is 16.7. The van der Waals surface area contributed by atoms with Crippen LogP contribution in [-0.2, 0) is 26.0 Å². The van der Waals surface area contributed by atoms with Gasteiger partial charge >= 0.3 is 0 Å². The quantitative estimate of drug-likeness (QED) is 0.147. The van der Waals surface area contributed by atoms with Gasteiger partial charge in [-0.15, -0.1) is 0 Å². The number of piperidine rings is 2. The fraction of sp³-hybridized carbons (Fsp3) is 0.523. The molecule has 8 heterocycles. The van der Waals surface area contributed by atoms with E-state index in [0.717, 1.165) is 30.5 Å². The Hall–Kier alpha value is -5.77. The number of rotatable bonds is 10. The molecule has 10 rings (SSSR count). The van der Waals surface area contributed by atoms with Crippen molar-refractivity contribution in [1.82, 2.24) is 44.4 Å². The van der Waals surface area contributed by atoms with E-state index in [4.69, 9.17) is 22.7 Å². The van der Waals surface area contributed by atoms with Gasteiger partial charge in [0.05, 0.1) is 69.6 Å². The van der Waals surface area contributed by atoms with Crippen LogP contribution >= 0.6 is 0 Å². The smallest absolute Gasteiger partial charge is 0.284 e. The minimum Gasteiger partial charge on any atom is -0.374 e. The highest BCUT2D eigenvalue weighted by molar-refractivity contribution is 6.08. The van der Waals surface area contributed by atoms with Gasteiger partial charge in [0.15, 0.2) is 11.3 Å². The molecular formula is C44H49F2N11O5. The summed E-state index contributed by atoms with van der Waals surface area (Å²) >= 11 is 0. The Kier molecular flexibility index (Phi) is 9.18. The molecule has 4 saturated heterocycles. The Morgan fingerprint density at radius 3 is 2.74 bits per heavy atom. The van der Waals surface area contributed by atoms with Crippen LogP contribution in [0.1, 0.15) is 112 Å². The van der Waals surface area contributed by atoms with E-state index in [-0.39, 0.29) is 71.9 Å². The van der Waals surface area contributed by atoms with Gasteiger partial charge in [0.25, 0.3) is 12.3 Å². The summed E-state index contributed by atoms with van der Waals surface area (Å²) < 4.78 is 94.5. The maximum absolute atomic E-state index is 14.3. The van der Waals surface area contributed by atoms with Gasteiger partial charge in [-0.05, 0) is 69.4 Å². The molecule has 62 heavy (non-hydrogen) atoms. The maximum Gasteiger partial charge on any atom is 0.284 e. The van der Waals surface area contributed by atoms with Crippen LogP contribution in [0.4, 0.5) is 20.3 Å². The summed E-state index contributed by atoms with van der Waals surface area (Å²) in [5, 5.41) is 18.1. The van der Waals surface area contributed by atoms with Crippen LogP contribution in [-0.4, -0.2) is 114 Å². The molecule has 2 N–H and O–H groups in total. The second kappa shape index (κ2) is 16.8. The van der Waals surface area contributed by atoms with Crippen molar-refractivity contribution in [3.8, 4) is 11.8 Å². The molecular weight excluding hydrogens is 801 g/mol. The standard InChI is InChI=1S/C44H49F2N11O5/c1-53-40-27(4-2-6-32(40)38(51-53)33-11-12-37(58)50-43(33)59)5-3-19-61-30-13-16-54(17-14-30)22-26-7-9-28(10-8-26)57-24-35(39(52-57)41(45)46)48-44(60)34-21-47-56-18-15-36(49-42(34)56)55-23-31-20-29(55)25-62-31/h2,4,6,15,18,21,24,26,28-31,33,41H,7-14,16-17,19-20,22-23,25H2,1H3,(H,48,60)(H,50,58,59)/t26?,28?,29-,31-,33?/m0/s1/i1D3,19D2,30D. The van der Waals surface area contributed by atoms with Gasteiger partial charge in [-0.3, -0.25) is 29.1 Å². The van der Waals surface area contributed by atoms with Crippen LogP contribution in [0.25, 0.3) is 16.6 Å². The summed E-state index contributed by atoms with van der Waals surface area (Å²) in [6.07, 6.45) is 4.75. The third-order valence-corrected chi connectivity index (χ3v) is 12.9. The number of fused-ring (bicyclic) bond motifs is 4. The van der Waals surface area contributed by atoms with E-state index in [1.807, 2.05) is 6.07 Å². The predicted molar refractivity (Wildman–Crippen MR) is 223 cm³/mol. The summed E-state index contributed by atoms with van der Waals surface area (Å²) in [4.78, 5) is 47.2. The lowest BCUT2D eigenvalue weighted by atomic mass is 9.85. The molecule has 1 saturated carbocycles. The molecule has 4 aromatic heterocycles. The van der Waals surface area contributed by atoms with Crippen LogP contribution in [0.3, 0.4) is 0 Å². The largest absolute Gasteiger partial charge is 0.374 e. The number of anilines is 2. The monoisotopic (exact) mass is 855 g/mol. The number of ether oxygens (including phenoxy) is 2. The molecule has 16 nitrogen and oxygen atoms in total. The number of aromatic nitrogens is 7. The Bertz CT molecular complexity index is 2840.